The Morgan fingerprint density at radius 2 is 2.07 bits per heavy atom. The van der Waals surface area contributed by atoms with E-state index < -0.39 is 0 Å². The lowest BCUT2D eigenvalue weighted by Gasteiger charge is -2.37. The molecule has 2 aliphatic heterocycles. The van der Waals surface area contributed by atoms with Gasteiger partial charge in [0.25, 0.3) is 5.91 Å². The molecule has 0 spiro atoms. The van der Waals surface area contributed by atoms with E-state index in [4.69, 9.17) is 9.47 Å². The summed E-state index contributed by atoms with van der Waals surface area (Å²) in [6, 6.07) is 7.95. The monoisotopic (exact) mass is 386 g/mol. The summed E-state index contributed by atoms with van der Waals surface area (Å²) >= 11 is 0. The first-order valence-corrected chi connectivity index (χ1v) is 9.90. The molecule has 0 radical (unpaired) electrons. The number of carbonyl (C=O) groups excluding carboxylic acids is 1. The maximum atomic E-state index is 12.5. The zero-order valence-corrected chi connectivity index (χ0v) is 16.6. The Balaban J connectivity index is 1.51. The van der Waals surface area contributed by atoms with Crippen LogP contribution in [0.15, 0.2) is 41.9 Å². The number of ether oxygens (including phenoxy) is 2. The van der Waals surface area contributed by atoms with Crippen molar-refractivity contribution in [2.75, 3.05) is 46.4 Å². The van der Waals surface area contributed by atoms with Crippen LogP contribution in [0.1, 0.15) is 18.4 Å². The number of aliphatic imine (C=N–C) groups is 1. The van der Waals surface area contributed by atoms with Crippen molar-refractivity contribution in [3.05, 3.63) is 42.5 Å². The number of nitrogens with zero attached hydrogens (tertiary/aromatic N) is 3. The van der Waals surface area contributed by atoms with Gasteiger partial charge in [-0.1, -0.05) is 30.9 Å². The second-order valence-electron chi connectivity index (χ2n) is 6.92. The Bertz CT molecular complexity index is 693. The van der Waals surface area contributed by atoms with Crippen molar-refractivity contribution in [1.82, 2.24) is 15.1 Å². The van der Waals surface area contributed by atoms with Crippen molar-refractivity contribution in [1.29, 1.82) is 0 Å². The Morgan fingerprint density at radius 1 is 1.32 bits per heavy atom. The number of hydrogen-bond acceptors (Lipinski definition) is 4. The van der Waals surface area contributed by atoms with Gasteiger partial charge in [-0.3, -0.25) is 9.79 Å². The average molecular weight is 386 g/mol. The van der Waals surface area contributed by atoms with Gasteiger partial charge in [0.05, 0.1) is 0 Å². The number of para-hydroxylation sites is 1. The van der Waals surface area contributed by atoms with Gasteiger partial charge in [0, 0.05) is 51.9 Å². The first-order valence-electron chi connectivity index (χ1n) is 9.90. The van der Waals surface area contributed by atoms with Crippen LogP contribution in [0.25, 0.3) is 0 Å². The first kappa shape index (κ1) is 20.2. The van der Waals surface area contributed by atoms with Crippen LogP contribution in [0, 0.1) is 0 Å². The van der Waals surface area contributed by atoms with Crippen molar-refractivity contribution in [2.24, 2.45) is 4.99 Å². The zero-order chi connectivity index (χ0) is 19.8. The predicted octanol–water partition coefficient (Wildman–Crippen LogP) is 1.65. The molecule has 1 unspecified atom stereocenters. The molecule has 0 bridgehead atoms. The molecule has 1 atom stereocenters. The lowest BCUT2D eigenvalue weighted by atomic mass is 10.2. The molecule has 7 nitrogen and oxygen atoms in total. The number of benzene rings is 1. The maximum Gasteiger partial charge on any atom is 0.251 e. The molecule has 1 aromatic carbocycles. The lowest BCUT2D eigenvalue weighted by molar-refractivity contribution is -0.142. The highest BCUT2D eigenvalue weighted by molar-refractivity contribution is 5.82. The van der Waals surface area contributed by atoms with Gasteiger partial charge < -0.3 is 24.6 Å². The van der Waals surface area contributed by atoms with E-state index in [2.05, 4.69) is 21.8 Å². The van der Waals surface area contributed by atoms with E-state index in [1.54, 1.807) is 13.1 Å². The fourth-order valence-electron chi connectivity index (χ4n) is 3.56. The van der Waals surface area contributed by atoms with E-state index in [1.165, 1.54) is 0 Å². The number of carbonyl (C=O) groups is 1. The Morgan fingerprint density at radius 3 is 2.75 bits per heavy atom. The van der Waals surface area contributed by atoms with Gasteiger partial charge in [-0.25, -0.2) is 0 Å². The van der Waals surface area contributed by atoms with Crippen molar-refractivity contribution >= 4 is 11.9 Å². The minimum Gasteiger partial charge on any atom is -0.489 e. The van der Waals surface area contributed by atoms with E-state index in [9.17, 15) is 4.79 Å². The lowest BCUT2D eigenvalue weighted by Crippen LogP contribution is -2.55. The molecule has 28 heavy (non-hydrogen) atoms. The maximum absolute atomic E-state index is 12.5. The molecule has 2 aliphatic rings. The summed E-state index contributed by atoms with van der Waals surface area (Å²) in [6.07, 6.45) is 3.32. The molecule has 2 heterocycles. The van der Waals surface area contributed by atoms with Crippen molar-refractivity contribution in [3.8, 4) is 5.75 Å². The van der Waals surface area contributed by atoms with Gasteiger partial charge in [-0.15, -0.1) is 0 Å². The van der Waals surface area contributed by atoms with E-state index in [0.29, 0.717) is 32.8 Å². The fraction of sp³-hybridized carbons (Fsp3) is 0.524. The summed E-state index contributed by atoms with van der Waals surface area (Å²) < 4.78 is 11.3. The highest BCUT2D eigenvalue weighted by Crippen LogP contribution is 2.18. The minimum atomic E-state index is -0.240. The molecule has 152 valence electrons. The summed E-state index contributed by atoms with van der Waals surface area (Å²) in [5.74, 6) is 1.81. The second kappa shape index (κ2) is 10.1. The molecule has 0 aromatic heterocycles. The van der Waals surface area contributed by atoms with Gasteiger partial charge in [-0.2, -0.15) is 0 Å². The van der Waals surface area contributed by atoms with Crippen LogP contribution >= 0.6 is 0 Å². The number of rotatable bonds is 6. The average Bonchev–Trinajstić information content (AvgIpc) is 3.28. The van der Waals surface area contributed by atoms with E-state index in [0.717, 1.165) is 43.2 Å². The Labute approximate surface area is 167 Å². The Kier molecular flexibility index (Phi) is 7.31. The number of hydrogen-bond donors (Lipinski definition) is 1. The number of nitrogens with one attached hydrogen (secondary N) is 1. The largest absolute Gasteiger partial charge is 0.489 e. The van der Waals surface area contributed by atoms with Gasteiger partial charge in [0.15, 0.2) is 5.96 Å². The van der Waals surface area contributed by atoms with Gasteiger partial charge in [-0.05, 0) is 18.9 Å². The molecule has 0 saturated carbocycles. The second-order valence-corrected chi connectivity index (χ2v) is 6.92. The summed E-state index contributed by atoms with van der Waals surface area (Å²) in [4.78, 5) is 21.0. The topological polar surface area (TPSA) is 66.4 Å². The summed E-state index contributed by atoms with van der Waals surface area (Å²) in [5.41, 5.74) is 1.07. The highest BCUT2D eigenvalue weighted by atomic mass is 16.5. The van der Waals surface area contributed by atoms with Crippen LogP contribution in [0.4, 0.5) is 0 Å². The molecule has 1 N–H and O–H groups in total. The first-order chi connectivity index (χ1) is 13.7. The normalized spacial score (nSPS) is 20.2. The minimum absolute atomic E-state index is 0.133. The molecule has 2 saturated heterocycles. The van der Waals surface area contributed by atoms with Crippen molar-refractivity contribution in [2.45, 2.75) is 25.5 Å². The molecular weight excluding hydrogens is 356 g/mol. The quantitative estimate of drug-likeness (QED) is 0.458. The zero-order valence-electron chi connectivity index (χ0n) is 16.6. The third-order valence-corrected chi connectivity index (χ3v) is 5.07. The number of amides is 1. The Hall–Kier alpha value is -2.54. The number of guanidine groups is 1. The molecular formula is C21H30N4O3. The third kappa shape index (κ3) is 5.04. The van der Waals surface area contributed by atoms with Gasteiger partial charge in [0.1, 0.15) is 18.5 Å². The van der Waals surface area contributed by atoms with Crippen molar-refractivity contribution in [3.63, 3.8) is 0 Å². The smallest absolute Gasteiger partial charge is 0.251 e. The number of piperazine rings is 1. The molecule has 0 aliphatic carbocycles. The predicted molar refractivity (Wildman–Crippen MR) is 109 cm³/mol. The van der Waals surface area contributed by atoms with Crippen LogP contribution in [0.3, 0.4) is 0 Å². The van der Waals surface area contributed by atoms with Crippen LogP contribution in [-0.2, 0) is 16.1 Å². The van der Waals surface area contributed by atoms with Crippen LogP contribution in [0.5, 0.6) is 5.75 Å². The van der Waals surface area contributed by atoms with Crippen molar-refractivity contribution < 1.29 is 14.3 Å². The van der Waals surface area contributed by atoms with E-state index in [1.807, 2.05) is 29.2 Å². The van der Waals surface area contributed by atoms with Crippen LogP contribution in [0.2, 0.25) is 0 Å². The summed E-state index contributed by atoms with van der Waals surface area (Å²) in [7, 11) is 1.78. The van der Waals surface area contributed by atoms with E-state index in [-0.39, 0.29) is 12.0 Å². The van der Waals surface area contributed by atoms with Crippen LogP contribution in [-0.4, -0.2) is 74.2 Å². The van der Waals surface area contributed by atoms with Crippen LogP contribution < -0.4 is 10.1 Å². The summed E-state index contributed by atoms with van der Waals surface area (Å²) in [6.45, 7) is 8.39. The molecule has 7 heteroatoms. The van der Waals surface area contributed by atoms with E-state index >= 15 is 0 Å². The standard InChI is InChI=1S/C21H30N4O3/c1-3-14-27-18-8-5-4-7-17(18)16-23-21(22-2)25-12-10-24(11-13-25)20(26)19-9-6-15-28-19/h3-5,7-8,19H,1,6,9-16H2,2H3,(H,22,23). The van der Waals surface area contributed by atoms with Gasteiger partial charge in [0.2, 0.25) is 0 Å². The molecule has 2 fully saturated rings. The SMILES string of the molecule is C=CCOc1ccccc1CNC(=NC)N1CCN(C(=O)C2CCCO2)CC1. The molecule has 1 amide bonds. The fourth-order valence-corrected chi connectivity index (χ4v) is 3.56. The highest BCUT2D eigenvalue weighted by Gasteiger charge is 2.30. The third-order valence-electron chi connectivity index (χ3n) is 5.07. The van der Waals surface area contributed by atoms with Gasteiger partial charge >= 0.3 is 0 Å². The molecule has 3 rings (SSSR count). The molecule has 1 aromatic rings. The summed E-state index contributed by atoms with van der Waals surface area (Å²) in [5, 5.41) is 3.41.